The van der Waals surface area contributed by atoms with Crippen LogP contribution in [-0.2, 0) is 14.2 Å². The summed E-state index contributed by atoms with van der Waals surface area (Å²) in [7, 11) is 1.61. The van der Waals surface area contributed by atoms with E-state index in [4.69, 9.17) is 25.8 Å². The lowest BCUT2D eigenvalue weighted by atomic mass is 10.1. The SMILES string of the molecule is CO[C@@H](CN(N)/C=C(\N)c1nccs1)C(OC1COC1C)Sc1cc(Br)ccc1C#N. The Morgan fingerprint density at radius 1 is 1.58 bits per heavy atom. The van der Waals surface area contributed by atoms with Crippen molar-refractivity contribution in [1.82, 2.24) is 9.99 Å². The van der Waals surface area contributed by atoms with Gasteiger partial charge in [-0.05, 0) is 25.1 Å². The van der Waals surface area contributed by atoms with Crippen LogP contribution in [0.15, 0.2) is 45.3 Å². The first-order chi connectivity index (χ1) is 14.9. The number of nitrogens with zero attached hydrogens (tertiary/aromatic N) is 3. The number of hydrogen-bond acceptors (Lipinski definition) is 10. The smallest absolute Gasteiger partial charge is 0.140 e. The Morgan fingerprint density at radius 3 is 2.97 bits per heavy atom. The highest BCUT2D eigenvalue weighted by Crippen LogP contribution is 2.34. The van der Waals surface area contributed by atoms with Gasteiger partial charge in [0.05, 0.1) is 30.5 Å². The lowest BCUT2D eigenvalue weighted by molar-refractivity contribution is -0.198. The Morgan fingerprint density at radius 2 is 2.39 bits per heavy atom. The quantitative estimate of drug-likeness (QED) is 0.208. The van der Waals surface area contributed by atoms with Crippen LogP contribution in [-0.4, -0.2) is 54.0 Å². The Balaban J connectivity index is 1.78. The monoisotopic (exact) mass is 525 g/mol. The van der Waals surface area contributed by atoms with Gasteiger partial charge in [-0.15, -0.1) is 11.3 Å². The highest BCUT2D eigenvalue weighted by Gasteiger charge is 2.35. The maximum Gasteiger partial charge on any atom is 0.140 e. The molecule has 1 fully saturated rings. The normalized spacial score (nSPS) is 20.5. The largest absolute Gasteiger partial charge is 0.395 e. The maximum absolute atomic E-state index is 9.51. The summed E-state index contributed by atoms with van der Waals surface area (Å²) in [5.41, 5.74) is 6.70. The summed E-state index contributed by atoms with van der Waals surface area (Å²) < 4.78 is 18.4. The summed E-state index contributed by atoms with van der Waals surface area (Å²) in [5.74, 6) is 6.20. The Labute approximate surface area is 198 Å². The fourth-order valence-corrected chi connectivity index (χ4v) is 5.13. The zero-order valence-electron chi connectivity index (χ0n) is 17.1. The van der Waals surface area contributed by atoms with Gasteiger partial charge in [-0.1, -0.05) is 27.7 Å². The molecule has 166 valence electrons. The van der Waals surface area contributed by atoms with Gasteiger partial charge >= 0.3 is 0 Å². The van der Waals surface area contributed by atoms with Crippen molar-refractivity contribution in [2.45, 2.75) is 35.6 Å². The maximum atomic E-state index is 9.51. The summed E-state index contributed by atoms with van der Waals surface area (Å²) in [6.45, 7) is 2.80. The van der Waals surface area contributed by atoms with Crippen LogP contribution < -0.4 is 11.6 Å². The van der Waals surface area contributed by atoms with Crippen molar-refractivity contribution in [3.05, 3.63) is 51.0 Å². The van der Waals surface area contributed by atoms with Gasteiger partial charge in [0, 0.05) is 34.3 Å². The molecule has 0 spiro atoms. The number of thioether (sulfide) groups is 1. The molecular weight excluding hydrogens is 502 g/mol. The molecule has 2 heterocycles. The van der Waals surface area contributed by atoms with Crippen LogP contribution in [0.3, 0.4) is 0 Å². The number of aromatic nitrogens is 1. The molecule has 3 unspecified atom stereocenters. The standard InChI is InChI=1S/C20H24BrN5O3S2/c1-12-17(11-28-12)29-20(31-18-7-14(21)4-3-13(18)8-22)16(27-2)10-26(24)9-15(23)19-25-5-6-30-19/h3-7,9,12,16-17,20H,10-11,23-24H2,1-2H3/b15-9-/t12?,16-,17?,20?/m0/s1. The molecule has 1 saturated heterocycles. The van der Waals surface area contributed by atoms with E-state index in [0.29, 0.717) is 29.4 Å². The topological polar surface area (TPSA) is 120 Å². The van der Waals surface area contributed by atoms with E-state index < -0.39 is 11.5 Å². The van der Waals surface area contributed by atoms with Crippen LogP contribution in [0, 0.1) is 11.3 Å². The van der Waals surface area contributed by atoms with E-state index in [1.54, 1.807) is 25.6 Å². The number of hydrogen-bond donors (Lipinski definition) is 2. The minimum absolute atomic E-state index is 0.00650. The number of rotatable bonds is 10. The van der Waals surface area contributed by atoms with Crippen molar-refractivity contribution in [2.24, 2.45) is 11.6 Å². The van der Waals surface area contributed by atoms with E-state index in [9.17, 15) is 5.26 Å². The van der Waals surface area contributed by atoms with Crippen LogP contribution in [0.25, 0.3) is 5.70 Å². The predicted octanol–water partition coefficient (Wildman–Crippen LogP) is 3.15. The predicted molar refractivity (Wildman–Crippen MR) is 125 cm³/mol. The average molecular weight is 526 g/mol. The fraction of sp³-hybridized carbons (Fsp3) is 0.400. The molecule has 2 aromatic rings. The molecule has 1 aliphatic heterocycles. The Hall–Kier alpha value is -1.65. The first-order valence-corrected chi connectivity index (χ1v) is 12.0. The number of hydrazine groups is 1. The highest BCUT2D eigenvalue weighted by atomic mass is 79.9. The molecule has 0 radical (unpaired) electrons. The molecule has 1 aliphatic rings. The summed E-state index contributed by atoms with van der Waals surface area (Å²) in [5, 5.41) is 13.5. The third kappa shape index (κ3) is 6.43. The van der Waals surface area contributed by atoms with Gasteiger partial charge in [-0.2, -0.15) is 5.26 Å². The van der Waals surface area contributed by atoms with Crippen LogP contribution in [0.4, 0.5) is 0 Å². The van der Waals surface area contributed by atoms with Gasteiger partial charge in [0.25, 0.3) is 0 Å². The second-order valence-corrected chi connectivity index (χ2v) is 9.79. The van der Waals surface area contributed by atoms with Gasteiger partial charge < -0.3 is 25.0 Å². The number of halogens is 1. The Bertz CT molecular complexity index is 937. The van der Waals surface area contributed by atoms with Crippen LogP contribution in [0.2, 0.25) is 0 Å². The third-order valence-electron chi connectivity index (χ3n) is 4.64. The number of nitrogens with two attached hydrogens (primary N) is 2. The van der Waals surface area contributed by atoms with Crippen molar-refractivity contribution in [2.75, 3.05) is 20.3 Å². The molecule has 0 bridgehead atoms. The van der Waals surface area contributed by atoms with Gasteiger partial charge in [0.15, 0.2) is 0 Å². The zero-order valence-corrected chi connectivity index (χ0v) is 20.3. The fourth-order valence-electron chi connectivity index (χ4n) is 2.82. The lowest BCUT2D eigenvalue weighted by Crippen LogP contribution is -2.50. The number of benzene rings is 1. The van der Waals surface area contributed by atoms with Gasteiger partial charge in [0.2, 0.25) is 0 Å². The van der Waals surface area contributed by atoms with Crippen LogP contribution in [0.5, 0.6) is 0 Å². The molecule has 31 heavy (non-hydrogen) atoms. The average Bonchev–Trinajstić information content (AvgIpc) is 3.29. The van der Waals surface area contributed by atoms with Crippen molar-refractivity contribution in [3.63, 3.8) is 0 Å². The van der Waals surface area contributed by atoms with Crippen molar-refractivity contribution >= 4 is 44.7 Å². The first kappa shape index (κ1) is 24.0. The molecule has 0 saturated carbocycles. The number of methoxy groups -OCH3 is 1. The highest BCUT2D eigenvalue weighted by molar-refractivity contribution is 9.10. The minimum Gasteiger partial charge on any atom is -0.395 e. The van der Waals surface area contributed by atoms with Crippen molar-refractivity contribution in [1.29, 1.82) is 5.26 Å². The molecule has 11 heteroatoms. The molecular formula is C20H24BrN5O3S2. The molecule has 0 aliphatic carbocycles. The van der Waals surface area contributed by atoms with Gasteiger partial charge in [-0.25, -0.2) is 10.8 Å². The molecule has 4 atom stereocenters. The lowest BCUT2D eigenvalue weighted by Gasteiger charge is -2.38. The van der Waals surface area contributed by atoms with Gasteiger partial charge in [0.1, 0.15) is 28.7 Å². The van der Waals surface area contributed by atoms with E-state index in [-0.39, 0.29) is 12.2 Å². The Kier molecular flexibility index (Phi) is 8.74. The van der Waals surface area contributed by atoms with Crippen molar-refractivity contribution in [3.8, 4) is 6.07 Å². The third-order valence-corrected chi connectivity index (χ3v) is 7.20. The summed E-state index contributed by atoms with van der Waals surface area (Å²) in [6, 6.07) is 7.73. The summed E-state index contributed by atoms with van der Waals surface area (Å²) in [4.78, 5) is 4.98. The summed E-state index contributed by atoms with van der Waals surface area (Å²) >= 11 is 6.33. The first-order valence-electron chi connectivity index (χ1n) is 9.46. The van der Waals surface area contributed by atoms with E-state index in [2.05, 4.69) is 27.0 Å². The molecule has 3 rings (SSSR count). The zero-order chi connectivity index (χ0) is 22.4. The molecule has 8 nitrogen and oxygen atoms in total. The van der Waals surface area contributed by atoms with E-state index in [1.807, 2.05) is 24.4 Å². The summed E-state index contributed by atoms with van der Waals surface area (Å²) in [6.07, 6.45) is 2.84. The molecule has 4 N–H and O–H groups in total. The number of nitriles is 1. The number of ether oxygens (including phenoxy) is 3. The van der Waals surface area contributed by atoms with Crippen LogP contribution >= 0.6 is 39.0 Å². The molecule has 1 aromatic carbocycles. The van der Waals surface area contributed by atoms with Crippen LogP contribution in [0.1, 0.15) is 17.5 Å². The molecule has 0 amide bonds. The second kappa shape index (κ2) is 11.3. The minimum atomic E-state index is -0.428. The van der Waals surface area contributed by atoms with Crippen molar-refractivity contribution < 1.29 is 14.2 Å². The van der Waals surface area contributed by atoms with E-state index in [1.165, 1.54) is 28.1 Å². The molecule has 1 aromatic heterocycles. The van der Waals surface area contributed by atoms with E-state index in [0.717, 1.165) is 9.37 Å². The van der Waals surface area contributed by atoms with Gasteiger partial charge in [-0.3, -0.25) is 0 Å². The second-order valence-electron chi connectivity index (χ2n) is 6.84. The number of thiazole rings is 1. The van der Waals surface area contributed by atoms with E-state index >= 15 is 0 Å².